The zero-order valence-electron chi connectivity index (χ0n) is 16.9. The maximum absolute atomic E-state index is 14.1. The molecule has 5 rings (SSSR count). The number of hydrogen-bond acceptors (Lipinski definition) is 5. The monoisotopic (exact) mass is 408 g/mol. The predicted octanol–water partition coefficient (Wildman–Crippen LogP) is 2.79. The van der Waals surface area contributed by atoms with E-state index >= 15 is 0 Å². The summed E-state index contributed by atoms with van der Waals surface area (Å²) in [6.45, 7) is 3.33. The Morgan fingerprint density at radius 1 is 1.33 bits per heavy atom. The molecule has 2 fully saturated rings. The van der Waals surface area contributed by atoms with Crippen molar-refractivity contribution in [3.05, 3.63) is 48.3 Å². The van der Waals surface area contributed by atoms with Crippen molar-refractivity contribution in [3.63, 3.8) is 0 Å². The Kier molecular flexibility index (Phi) is 4.66. The third kappa shape index (κ3) is 3.75. The SMILES string of the molecule is CC1(NC(=O)c2ccn3c(-c4cccc(N[C@H]5CNCC[C@@H]5F)n4)cnc3c2)CC1. The quantitative estimate of drug-likeness (QED) is 0.605. The zero-order valence-corrected chi connectivity index (χ0v) is 16.9. The molecule has 2 aliphatic rings. The largest absolute Gasteiger partial charge is 0.363 e. The Morgan fingerprint density at radius 2 is 2.20 bits per heavy atom. The lowest BCUT2D eigenvalue weighted by atomic mass is 10.1. The van der Waals surface area contributed by atoms with Crippen LogP contribution in [0.5, 0.6) is 0 Å². The molecule has 1 saturated heterocycles. The number of imidazole rings is 1. The van der Waals surface area contributed by atoms with Crippen LogP contribution in [-0.4, -0.2) is 51.1 Å². The smallest absolute Gasteiger partial charge is 0.251 e. The predicted molar refractivity (Wildman–Crippen MR) is 113 cm³/mol. The number of hydrogen-bond donors (Lipinski definition) is 3. The average Bonchev–Trinajstić information content (AvgIpc) is 3.31. The van der Waals surface area contributed by atoms with Gasteiger partial charge in [0.05, 0.1) is 23.6 Å². The molecule has 4 heterocycles. The van der Waals surface area contributed by atoms with Crippen LogP contribution in [0.15, 0.2) is 42.7 Å². The van der Waals surface area contributed by atoms with Gasteiger partial charge in [-0.25, -0.2) is 14.4 Å². The molecule has 30 heavy (non-hydrogen) atoms. The molecule has 1 saturated carbocycles. The van der Waals surface area contributed by atoms with Crippen molar-refractivity contribution in [1.82, 2.24) is 25.0 Å². The maximum atomic E-state index is 14.1. The molecule has 7 nitrogen and oxygen atoms in total. The number of alkyl halides is 1. The summed E-state index contributed by atoms with van der Waals surface area (Å²) in [6.07, 6.45) is 5.22. The first-order valence-electron chi connectivity index (χ1n) is 10.4. The van der Waals surface area contributed by atoms with Crippen molar-refractivity contribution in [1.29, 1.82) is 0 Å². The molecule has 0 aromatic carbocycles. The van der Waals surface area contributed by atoms with E-state index in [1.165, 1.54) is 0 Å². The average molecular weight is 408 g/mol. The second kappa shape index (κ2) is 7.36. The second-order valence-electron chi connectivity index (χ2n) is 8.47. The lowest BCUT2D eigenvalue weighted by Gasteiger charge is -2.28. The van der Waals surface area contributed by atoms with Crippen molar-refractivity contribution in [2.24, 2.45) is 0 Å². The molecule has 8 heteroatoms. The van der Waals surface area contributed by atoms with E-state index in [0.717, 1.165) is 24.2 Å². The number of fused-ring (bicyclic) bond motifs is 1. The van der Waals surface area contributed by atoms with E-state index in [4.69, 9.17) is 0 Å². The molecule has 3 N–H and O–H groups in total. The van der Waals surface area contributed by atoms with Gasteiger partial charge in [0.2, 0.25) is 0 Å². The van der Waals surface area contributed by atoms with Crippen LogP contribution in [0.1, 0.15) is 36.5 Å². The summed E-state index contributed by atoms with van der Waals surface area (Å²) < 4.78 is 16.1. The number of anilines is 1. The molecular weight excluding hydrogens is 383 g/mol. The summed E-state index contributed by atoms with van der Waals surface area (Å²) in [6, 6.07) is 8.92. The van der Waals surface area contributed by atoms with Gasteiger partial charge in [0.1, 0.15) is 17.6 Å². The minimum Gasteiger partial charge on any atom is -0.363 e. The van der Waals surface area contributed by atoms with Gasteiger partial charge in [-0.05, 0) is 57.0 Å². The lowest BCUT2D eigenvalue weighted by Crippen LogP contribution is -2.46. The van der Waals surface area contributed by atoms with Gasteiger partial charge >= 0.3 is 0 Å². The van der Waals surface area contributed by atoms with Crippen LogP contribution in [0.25, 0.3) is 17.0 Å². The van der Waals surface area contributed by atoms with Gasteiger partial charge in [-0.15, -0.1) is 0 Å². The molecule has 3 aromatic heterocycles. The molecule has 1 amide bonds. The summed E-state index contributed by atoms with van der Waals surface area (Å²) in [5, 5.41) is 9.48. The number of halogens is 1. The topological polar surface area (TPSA) is 83.4 Å². The zero-order chi connectivity index (χ0) is 20.7. The van der Waals surface area contributed by atoms with E-state index in [1.807, 2.05) is 28.8 Å². The molecule has 1 aliphatic carbocycles. The highest BCUT2D eigenvalue weighted by atomic mass is 19.1. The van der Waals surface area contributed by atoms with Crippen LogP contribution < -0.4 is 16.0 Å². The van der Waals surface area contributed by atoms with Crippen LogP contribution in [0.3, 0.4) is 0 Å². The number of piperidine rings is 1. The van der Waals surface area contributed by atoms with Gasteiger partial charge in [-0.1, -0.05) is 6.07 Å². The summed E-state index contributed by atoms with van der Waals surface area (Å²) in [7, 11) is 0. The lowest BCUT2D eigenvalue weighted by molar-refractivity contribution is 0.0935. The highest BCUT2D eigenvalue weighted by molar-refractivity contribution is 5.95. The molecule has 2 atom stereocenters. The van der Waals surface area contributed by atoms with E-state index in [1.54, 1.807) is 18.3 Å². The highest BCUT2D eigenvalue weighted by Gasteiger charge is 2.38. The fourth-order valence-electron chi connectivity index (χ4n) is 3.79. The van der Waals surface area contributed by atoms with Crippen LogP contribution in [0.4, 0.5) is 10.2 Å². The van der Waals surface area contributed by atoms with Crippen molar-refractivity contribution in [2.45, 2.75) is 43.9 Å². The van der Waals surface area contributed by atoms with Gasteiger partial charge in [0.25, 0.3) is 5.91 Å². The molecule has 0 radical (unpaired) electrons. The standard InChI is InChI=1S/C22H25FN6O/c1-22(7-8-22)28-21(30)14-6-10-29-18(13-25-20(29)11-14)16-3-2-4-19(26-16)27-17-12-24-9-5-15(17)23/h2-4,6,10-11,13,15,17,24H,5,7-9,12H2,1H3,(H,26,27)(H,28,30)/t15-,17-/m0/s1. The number of aromatic nitrogens is 3. The number of nitrogens with zero attached hydrogens (tertiary/aromatic N) is 3. The summed E-state index contributed by atoms with van der Waals surface area (Å²) >= 11 is 0. The van der Waals surface area contributed by atoms with Gasteiger partial charge in [-0.2, -0.15) is 0 Å². The first-order valence-corrected chi connectivity index (χ1v) is 10.4. The third-order valence-corrected chi connectivity index (χ3v) is 5.93. The van der Waals surface area contributed by atoms with Crippen molar-refractivity contribution in [2.75, 3.05) is 18.4 Å². The minimum atomic E-state index is -0.894. The highest BCUT2D eigenvalue weighted by Crippen LogP contribution is 2.34. The van der Waals surface area contributed by atoms with Gasteiger partial charge in [0.15, 0.2) is 0 Å². The minimum absolute atomic E-state index is 0.0619. The Balaban J connectivity index is 1.39. The molecule has 0 unspecified atom stereocenters. The maximum Gasteiger partial charge on any atom is 0.251 e. The van der Waals surface area contributed by atoms with E-state index < -0.39 is 6.17 Å². The normalized spacial score (nSPS) is 22.6. The summed E-state index contributed by atoms with van der Waals surface area (Å²) in [4.78, 5) is 21.6. The number of pyridine rings is 2. The summed E-state index contributed by atoms with van der Waals surface area (Å²) in [5.74, 6) is 0.556. The Hall–Kier alpha value is -3.00. The molecule has 0 bridgehead atoms. The van der Waals surface area contributed by atoms with Crippen molar-refractivity contribution >= 4 is 17.4 Å². The Morgan fingerprint density at radius 3 is 3.00 bits per heavy atom. The number of amides is 1. The van der Waals surface area contributed by atoms with E-state index in [2.05, 4.69) is 32.8 Å². The molecule has 3 aromatic rings. The first kappa shape index (κ1) is 19.0. The molecule has 156 valence electrons. The molecule has 0 spiro atoms. The number of carbonyl (C=O) groups excluding carboxylic acids is 1. The van der Waals surface area contributed by atoms with E-state index in [0.29, 0.717) is 36.5 Å². The molecule has 1 aliphatic heterocycles. The number of nitrogens with one attached hydrogen (secondary N) is 3. The van der Waals surface area contributed by atoms with Crippen molar-refractivity contribution < 1.29 is 9.18 Å². The van der Waals surface area contributed by atoms with Crippen molar-refractivity contribution in [3.8, 4) is 11.4 Å². The van der Waals surface area contributed by atoms with E-state index in [9.17, 15) is 9.18 Å². The van der Waals surface area contributed by atoms with Crippen LogP contribution >= 0.6 is 0 Å². The van der Waals surface area contributed by atoms with Crippen LogP contribution in [0.2, 0.25) is 0 Å². The van der Waals surface area contributed by atoms with Crippen LogP contribution in [-0.2, 0) is 0 Å². The Bertz CT molecular complexity index is 1090. The third-order valence-electron chi connectivity index (χ3n) is 5.93. The van der Waals surface area contributed by atoms with Gasteiger partial charge in [-0.3, -0.25) is 9.20 Å². The Labute approximate surface area is 174 Å². The fourth-order valence-corrected chi connectivity index (χ4v) is 3.79. The molecular formula is C22H25FN6O. The van der Waals surface area contributed by atoms with Gasteiger partial charge in [0, 0.05) is 23.8 Å². The number of carbonyl (C=O) groups is 1. The van der Waals surface area contributed by atoms with Crippen LogP contribution in [0, 0.1) is 0 Å². The van der Waals surface area contributed by atoms with E-state index in [-0.39, 0.29) is 17.5 Å². The van der Waals surface area contributed by atoms with Gasteiger partial charge < -0.3 is 16.0 Å². The second-order valence-corrected chi connectivity index (χ2v) is 8.47. The first-order chi connectivity index (χ1) is 14.5. The number of rotatable bonds is 5. The summed E-state index contributed by atoms with van der Waals surface area (Å²) in [5.41, 5.74) is 2.75. The fraction of sp³-hybridized carbons (Fsp3) is 0.409.